The summed E-state index contributed by atoms with van der Waals surface area (Å²) in [5.41, 5.74) is 1.18. The summed E-state index contributed by atoms with van der Waals surface area (Å²) in [6.07, 6.45) is 0. The summed E-state index contributed by atoms with van der Waals surface area (Å²) in [5, 5.41) is 5.42. The van der Waals surface area contributed by atoms with Crippen LogP contribution in [0.25, 0.3) is 0 Å². The van der Waals surface area contributed by atoms with E-state index in [1.165, 1.54) is 21.3 Å². The molecule has 2 aromatic rings. The van der Waals surface area contributed by atoms with Crippen LogP contribution in [0.2, 0.25) is 0 Å². The van der Waals surface area contributed by atoms with Crippen molar-refractivity contribution >= 4 is 17.8 Å². The SMILES string of the molecule is COc1cc(CNC(=O)CN2C(=O)NC(C)(c3ccc(C)cc3)C2=O)cc(OC)c1OC. The smallest absolute Gasteiger partial charge is 0.325 e. The Morgan fingerprint density at radius 3 is 2.16 bits per heavy atom. The first-order chi connectivity index (χ1) is 15.2. The van der Waals surface area contributed by atoms with E-state index >= 15 is 0 Å². The molecule has 2 aromatic carbocycles. The molecule has 1 saturated heterocycles. The largest absolute Gasteiger partial charge is 0.493 e. The van der Waals surface area contributed by atoms with Gasteiger partial charge in [0.2, 0.25) is 11.7 Å². The highest BCUT2D eigenvalue weighted by molar-refractivity contribution is 6.09. The summed E-state index contributed by atoms with van der Waals surface area (Å²) < 4.78 is 15.9. The zero-order valence-corrected chi connectivity index (χ0v) is 18.8. The monoisotopic (exact) mass is 441 g/mol. The Bertz CT molecular complexity index is 1010. The minimum atomic E-state index is -1.22. The summed E-state index contributed by atoms with van der Waals surface area (Å²) in [6, 6.07) is 10.1. The molecular formula is C23H27N3O6. The van der Waals surface area contributed by atoms with E-state index in [1.54, 1.807) is 31.2 Å². The predicted molar refractivity (Wildman–Crippen MR) is 117 cm³/mol. The fraction of sp³-hybridized carbons (Fsp3) is 0.348. The third kappa shape index (κ3) is 4.32. The molecule has 0 aromatic heterocycles. The van der Waals surface area contributed by atoms with Gasteiger partial charge in [-0.3, -0.25) is 14.5 Å². The van der Waals surface area contributed by atoms with Crippen LogP contribution in [0.1, 0.15) is 23.6 Å². The fourth-order valence-corrected chi connectivity index (χ4v) is 3.56. The van der Waals surface area contributed by atoms with Gasteiger partial charge in [0, 0.05) is 6.54 Å². The summed E-state index contributed by atoms with van der Waals surface area (Å²) in [4.78, 5) is 38.9. The fourth-order valence-electron chi connectivity index (χ4n) is 3.56. The lowest BCUT2D eigenvalue weighted by Crippen LogP contribution is -2.43. The molecule has 9 nitrogen and oxygen atoms in total. The first-order valence-electron chi connectivity index (χ1n) is 10.00. The van der Waals surface area contributed by atoms with Crippen LogP contribution >= 0.6 is 0 Å². The van der Waals surface area contributed by atoms with Crippen LogP contribution in [0.3, 0.4) is 0 Å². The van der Waals surface area contributed by atoms with Gasteiger partial charge in [-0.05, 0) is 37.1 Å². The number of urea groups is 1. The molecule has 1 heterocycles. The van der Waals surface area contributed by atoms with Gasteiger partial charge in [0.1, 0.15) is 12.1 Å². The lowest BCUT2D eigenvalue weighted by atomic mass is 9.91. The maximum absolute atomic E-state index is 13.0. The molecule has 0 spiro atoms. The molecule has 0 aliphatic carbocycles. The number of amides is 4. The van der Waals surface area contributed by atoms with Crippen LogP contribution in [0.5, 0.6) is 17.2 Å². The Kier molecular flexibility index (Phi) is 6.57. The molecule has 32 heavy (non-hydrogen) atoms. The van der Waals surface area contributed by atoms with E-state index in [0.717, 1.165) is 10.5 Å². The Morgan fingerprint density at radius 1 is 1.03 bits per heavy atom. The topological polar surface area (TPSA) is 106 Å². The van der Waals surface area contributed by atoms with E-state index < -0.39 is 29.9 Å². The molecule has 1 aliphatic heterocycles. The van der Waals surface area contributed by atoms with Crippen LogP contribution in [0.15, 0.2) is 36.4 Å². The number of nitrogens with zero attached hydrogens (tertiary/aromatic N) is 1. The number of methoxy groups -OCH3 is 3. The Labute approximate surface area is 186 Å². The molecule has 1 atom stereocenters. The van der Waals surface area contributed by atoms with Gasteiger partial charge < -0.3 is 24.8 Å². The van der Waals surface area contributed by atoms with Gasteiger partial charge in [0.15, 0.2) is 11.5 Å². The lowest BCUT2D eigenvalue weighted by molar-refractivity contribution is -0.134. The van der Waals surface area contributed by atoms with Crippen LogP contribution in [-0.2, 0) is 21.7 Å². The lowest BCUT2D eigenvalue weighted by Gasteiger charge is -2.22. The van der Waals surface area contributed by atoms with Gasteiger partial charge in [-0.1, -0.05) is 29.8 Å². The summed E-state index contributed by atoms with van der Waals surface area (Å²) in [7, 11) is 4.51. The molecule has 3 rings (SSSR count). The number of benzene rings is 2. The minimum Gasteiger partial charge on any atom is -0.493 e. The molecule has 2 N–H and O–H groups in total. The normalized spacial score (nSPS) is 17.7. The number of carbonyl (C=O) groups is 3. The van der Waals surface area contributed by atoms with Crippen LogP contribution in [0, 0.1) is 6.92 Å². The number of nitrogens with one attached hydrogen (secondary N) is 2. The van der Waals surface area contributed by atoms with E-state index in [4.69, 9.17) is 14.2 Å². The Balaban J connectivity index is 1.68. The van der Waals surface area contributed by atoms with Crippen LogP contribution in [-0.4, -0.2) is 50.6 Å². The van der Waals surface area contributed by atoms with Crippen LogP contribution < -0.4 is 24.8 Å². The van der Waals surface area contributed by atoms with E-state index in [9.17, 15) is 14.4 Å². The third-order valence-corrected chi connectivity index (χ3v) is 5.42. The van der Waals surface area contributed by atoms with Gasteiger partial charge >= 0.3 is 6.03 Å². The predicted octanol–water partition coefficient (Wildman–Crippen LogP) is 2.10. The van der Waals surface area contributed by atoms with E-state index in [0.29, 0.717) is 28.4 Å². The minimum absolute atomic E-state index is 0.147. The average Bonchev–Trinajstić information content (AvgIpc) is 3.00. The molecule has 1 fully saturated rings. The van der Waals surface area contributed by atoms with Crippen molar-refractivity contribution in [1.29, 1.82) is 0 Å². The van der Waals surface area contributed by atoms with Crippen molar-refractivity contribution in [2.45, 2.75) is 25.9 Å². The van der Waals surface area contributed by atoms with Crippen molar-refractivity contribution in [2.24, 2.45) is 0 Å². The van der Waals surface area contributed by atoms with Gasteiger partial charge in [-0.2, -0.15) is 0 Å². The second-order valence-corrected chi connectivity index (χ2v) is 7.62. The average molecular weight is 441 g/mol. The molecule has 0 saturated carbocycles. The first kappa shape index (κ1) is 22.9. The van der Waals surface area contributed by atoms with Crippen molar-refractivity contribution in [3.63, 3.8) is 0 Å². The number of hydrogen-bond acceptors (Lipinski definition) is 6. The number of carbonyl (C=O) groups excluding carboxylic acids is 3. The van der Waals surface area contributed by atoms with Gasteiger partial charge in [-0.15, -0.1) is 0 Å². The maximum Gasteiger partial charge on any atom is 0.325 e. The zero-order chi connectivity index (χ0) is 23.5. The third-order valence-electron chi connectivity index (χ3n) is 5.42. The maximum atomic E-state index is 13.0. The van der Waals surface area contributed by atoms with Crippen LogP contribution in [0.4, 0.5) is 4.79 Å². The van der Waals surface area contributed by atoms with Crippen molar-refractivity contribution in [3.8, 4) is 17.2 Å². The Hall–Kier alpha value is -3.75. The molecule has 4 amide bonds. The number of hydrogen-bond donors (Lipinski definition) is 2. The number of aryl methyl sites for hydroxylation is 1. The molecule has 0 bridgehead atoms. The molecule has 170 valence electrons. The summed E-state index contributed by atoms with van der Waals surface area (Å²) in [5.74, 6) is 0.405. The highest BCUT2D eigenvalue weighted by Crippen LogP contribution is 2.38. The van der Waals surface area contributed by atoms with Gasteiger partial charge in [0.25, 0.3) is 5.91 Å². The number of rotatable bonds is 8. The van der Waals surface area contributed by atoms with E-state index in [1.807, 2.05) is 19.1 Å². The molecule has 9 heteroatoms. The van der Waals surface area contributed by atoms with Crippen molar-refractivity contribution in [3.05, 3.63) is 53.1 Å². The number of ether oxygens (including phenoxy) is 3. The van der Waals surface area contributed by atoms with E-state index in [2.05, 4.69) is 10.6 Å². The first-order valence-corrected chi connectivity index (χ1v) is 10.00. The summed E-state index contributed by atoms with van der Waals surface area (Å²) in [6.45, 7) is 3.32. The number of imide groups is 1. The second-order valence-electron chi connectivity index (χ2n) is 7.62. The molecular weight excluding hydrogens is 414 g/mol. The highest BCUT2D eigenvalue weighted by Gasteiger charge is 2.49. The standard InChI is InChI=1S/C23H27N3O6/c1-14-6-8-16(9-7-14)23(2)21(28)26(22(29)25-23)13-19(27)24-12-15-10-17(30-3)20(32-5)18(11-15)31-4/h6-11H,12-13H2,1-5H3,(H,24,27)(H,25,29). The second kappa shape index (κ2) is 9.17. The summed E-state index contributed by atoms with van der Waals surface area (Å²) >= 11 is 0. The van der Waals surface area contributed by atoms with Gasteiger partial charge in [-0.25, -0.2) is 4.79 Å². The van der Waals surface area contributed by atoms with E-state index in [-0.39, 0.29) is 6.54 Å². The van der Waals surface area contributed by atoms with Crippen molar-refractivity contribution in [1.82, 2.24) is 15.5 Å². The highest BCUT2D eigenvalue weighted by atomic mass is 16.5. The van der Waals surface area contributed by atoms with Crippen molar-refractivity contribution in [2.75, 3.05) is 27.9 Å². The van der Waals surface area contributed by atoms with Crippen molar-refractivity contribution < 1.29 is 28.6 Å². The van der Waals surface area contributed by atoms with Gasteiger partial charge in [0.05, 0.1) is 21.3 Å². The molecule has 1 unspecified atom stereocenters. The molecule has 1 aliphatic rings. The Morgan fingerprint density at radius 2 is 1.62 bits per heavy atom. The molecule has 0 radical (unpaired) electrons. The quantitative estimate of drug-likeness (QED) is 0.608. The zero-order valence-electron chi connectivity index (χ0n) is 18.8.